The van der Waals surface area contributed by atoms with E-state index in [9.17, 15) is 14.0 Å². The van der Waals surface area contributed by atoms with Crippen LogP contribution in [-0.4, -0.2) is 48.3 Å². The van der Waals surface area contributed by atoms with Crippen LogP contribution in [0, 0.1) is 11.7 Å². The fourth-order valence-electron chi connectivity index (χ4n) is 2.86. The summed E-state index contributed by atoms with van der Waals surface area (Å²) in [6.45, 7) is 2.52. The Morgan fingerprint density at radius 2 is 2.14 bits per heavy atom. The largest absolute Gasteiger partial charge is 0.344 e. The van der Waals surface area contributed by atoms with Gasteiger partial charge < -0.3 is 9.80 Å². The summed E-state index contributed by atoms with van der Waals surface area (Å²) in [5.74, 6) is -0.520. The second-order valence-electron chi connectivity index (χ2n) is 6.04. The van der Waals surface area contributed by atoms with Gasteiger partial charge in [-0.1, -0.05) is 25.1 Å². The van der Waals surface area contributed by atoms with E-state index in [1.54, 1.807) is 42.1 Å². The van der Waals surface area contributed by atoms with Crippen LogP contribution in [0.1, 0.15) is 25.3 Å². The molecule has 0 unspecified atom stereocenters. The van der Waals surface area contributed by atoms with E-state index in [0.29, 0.717) is 31.4 Å². The molecule has 4 nitrogen and oxygen atoms in total. The smallest absolute Gasteiger partial charge is 0.245 e. The van der Waals surface area contributed by atoms with Gasteiger partial charge in [0.2, 0.25) is 11.8 Å². The third kappa shape index (κ3) is 3.46. The van der Waals surface area contributed by atoms with Gasteiger partial charge in [-0.3, -0.25) is 9.59 Å². The van der Waals surface area contributed by atoms with Crippen LogP contribution in [0.4, 0.5) is 4.39 Å². The van der Waals surface area contributed by atoms with Crippen LogP contribution >= 0.6 is 0 Å². The number of hydrogen-bond donors (Lipinski definition) is 0. The molecule has 1 aromatic carbocycles. The van der Waals surface area contributed by atoms with Crippen LogP contribution < -0.4 is 0 Å². The third-order valence-electron chi connectivity index (χ3n) is 4.44. The molecule has 2 atom stereocenters. The molecule has 1 fully saturated rings. The number of rotatable bonds is 5. The summed E-state index contributed by atoms with van der Waals surface area (Å²) in [6.07, 6.45) is 1.77. The average molecular weight is 306 g/mol. The highest BCUT2D eigenvalue weighted by Crippen LogP contribution is 2.19. The summed E-state index contributed by atoms with van der Waals surface area (Å²) in [5.41, 5.74) is 0.626. The number of likely N-dealkylation sites (N-methyl/N-ethyl adjacent to an activating group) is 2. The van der Waals surface area contributed by atoms with Gasteiger partial charge in [-0.05, 0) is 30.9 Å². The summed E-state index contributed by atoms with van der Waals surface area (Å²) >= 11 is 0. The fraction of sp³-hybridized carbons (Fsp3) is 0.529. The zero-order valence-corrected chi connectivity index (χ0v) is 13.4. The van der Waals surface area contributed by atoms with Crippen molar-refractivity contribution < 1.29 is 14.0 Å². The Bertz CT molecular complexity index is 561. The molecule has 0 bridgehead atoms. The molecule has 0 N–H and O–H groups in total. The molecular formula is C17H23FN2O2. The Balaban J connectivity index is 1.92. The quantitative estimate of drug-likeness (QED) is 0.836. The minimum Gasteiger partial charge on any atom is -0.344 e. The summed E-state index contributed by atoms with van der Waals surface area (Å²) < 4.78 is 13.6. The molecule has 0 spiro atoms. The first kappa shape index (κ1) is 16.5. The number of nitrogens with zero attached hydrogens (tertiary/aromatic N) is 2. The van der Waals surface area contributed by atoms with E-state index in [-0.39, 0.29) is 29.6 Å². The van der Waals surface area contributed by atoms with Crippen molar-refractivity contribution >= 4 is 11.8 Å². The number of hydrogen-bond acceptors (Lipinski definition) is 2. The second kappa shape index (κ2) is 6.90. The molecule has 0 radical (unpaired) electrons. The molecule has 1 aromatic rings. The van der Waals surface area contributed by atoms with Gasteiger partial charge >= 0.3 is 0 Å². The maximum absolute atomic E-state index is 13.6. The predicted octanol–water partition coefficient (Wildman–Crippen LogP) is 2.08. The number of aryl methyl sites for hydroxylation is 1. The Hall–Kier alpha value is -1.91. The summed E-state index contributed by atoms with van der Waals surface area (Å²) in [7, 11) is 3.44. The molecule has 1 aliphatic heterocycles. The van der Waals surface area contributed by atoms with Crippen LogP contribution in [-0.2, 0) is 16.0 Å². The highest BCUT2D eigenvalue weighted by molar-refractivity contribution is 5.89. The standard InChI is InChI=1S/C17H23FN2O2/c1-12(8-9-13-6-4-5-7-14(13)18)16(21)20(3)15-10-11-19(2)17(15)22/h4-7,12,15H,8-11H2,1-3H3/t12-,15-/m0/s1. The van der Waals surface area contributed by atoms with Crippen LogP contribution in [0.3, 0.4) is 0 Å². The predicted molar refractivity (Wildman–Crippen MR) is 82.7 cm³/mol. The van der Waals surface area contributed by atoms with E-state index < -0.39 is 0 Å². The lowest BCUT2D eigenvalue weighted by Crippen LogP contribution is -2.44. The molecule has 120 valence electrons. The molecule has 22 heavy (non-hydrogen) atoms. The topological polar surface area (TPSA) is 40.6 Å². The summed E-state index contributed by atoms with van der Waals surface area (Å²) in [6, 6.07) is 6.27. The first-order chi connectivity index (χ1) is 10.4. The van der Waals surface area contributed by atoms with Crippen molar-refractivity contribution in [2.24, 2.45) is 5.92 Å². The van der Waals surface area contributed by atoms with Crippen molar-refractivity contribution in [3.8, 4) is 0 Å². The Morgan fingerprint density at radius 1 is 1.45 bits per heavy atom. The maximum Gasteiger partial charge on any atom is 0.245 e. The van der Waals surface area contributed by atoms with Crippen LogP contribution in [0.15, 0.2) is 24.3 Å². The average Bonchev–Trinajstić information content (AvgIpc) is 2.84. The van der Waals surface area contributed by atoms with Crippen molar-refractivity contribution in [1.82, 2.24) is 9.80 Å². The molecule has 0 aromatic heterocycles. The molecule has 1 aliphatic rings. The van der Waals surface area contributed by atoms with Gasteiger partial charge in [0, 0.05) is 26.6 Å². The molecule has 5 heteroatoms. The van der Waals surface area contributed by atoms with Gasteiger partial charge in [0.05, 0.1) is 0 Å². The van der Waals surface area contributed by atoms with Crippen LogP contribution in [0.5, 0.6) is 0 Å². The first-order valence-electron chi connectivity index (χ1n) is 7.67. The monoisotopic (exact) mass is 306 g/mol. The van der Waals surface area contributed by atoms with Gasteiger partial charge in [0.15, 0.2) is 0 Å². The molecular weight excluding hydrogens is 283 g/mol. The van der Waals surface area contributed by atoms with Crippen LogP contribution in [0.2, 0.25) is 0 Å². The normalized spacial score (nSPS) is 19.4. The lowest BCUT2D eigenvalue weighted by atomic mass is 9.99. The molecule has 0 aliphatic carbocycles. The minimum absolute atomic E-state index is 0.00264. The van der Waals surface area contributed by atoms with Crippen molar-refractivity contribution in [2.45, 2.75) is 32.2 Å². The minimum atomic E-state index is -0.353. The summed E-state index contributed by atoms with van der Waals surface area (Å²) in [4.78, 5) is 27.6. The van der Waals surface area contributed by atoms with E-state index in [1.807, 2.05) is 6.92 Å². The van der Waals surface area contributed by atoms with Crippen molar-refractivity contribution in [1.29, 1.82) is 0 Å². The number of carbonyl (C=O) groups excluding carboxylic acids is 2. The van der Waals surface area contributed by atoms with Crippen molar-refractivity contribution in [3.63, 3.8) is 0 Å². The lowest BCUT2D eigenvalue weighted by molar-refractivity contribution is -0.142. The Kier molecular flexibility index (Phi) is 5.16. The number of likely N-dealkylation sites (tertiary alicyclic amines) is 1. The van der Waals surface area contributed by atoms with E-state index in [0.717, 1.165) is 0 Å². The number of carbonyl (C=O) groups is 2. The van der Waals surface area contributed by atoms with Crippen LogP contribution in [0.25, 0.3) is 0 Å². The van der Waals surface area contributed by atoms with Gasteiger partial charge in [0.25, 0.3) is 0 Å². The SMILES string of the molecule is C[C@@H](CCc1ccccc1F)C(=O)N(C)[C@H]1CCN(C)C1=O. The van der Waals surface area contributed by atoms with Gasteiger partial charge in [-0.2, -0.15) is 0 Å². The molecule has 2 amide bonds. The van der Waals surface area contributed by atoms with Gasteiger partial charge in [0.1, 0.15) is 11.9 Å². The van der Waals surface area contributed by atoms with Crippen molar-refractivity contribution in [3.05, 3.63) is 35.6 Å². The highest BCUT2D eigenvalue weighted by atomic mass is 19.1. The zero-order chi connectivity index (χ0) is 16.3. The van der Waals surface area contributed by atoms with Crippen molar-refractivity contribution in [2.75, 3.05) is 20.6 Å². The lowest BCUT2D eigenvalue weighted by Gasteiger charge is -2.26. The van der Waals surface area contributed by atoms with E-state index in [1.165, 1.54) is 6.07 Å². The first-order valence-corrected chi connectivity index (χ1v) is 7.67. The van der Waals surface area contributed by atoms with Gasteiger partial charge in [-0.15, -0.1) is 0 Å². The zero-order valence-electron chi connectivity index (χ0n) is 13.4. The number of benzene rings is 1. The Morgan fingerprint density at radius 3 is 2.73 bits per heavy atom. The number of amides is 2. The van der Waals surface area contributed by atoms with E-state index in [2.05, 4.69) is 0 Å². The third-order valence-corrected chi connectivity index (χ3v) is 4.44. The fourth-order valence-corrected chi connectivity index (χ4v) is 2.86. The van der Waals surface area contributed by atoms with Gasteiger partial charge in [-0.25, -0.2) is 4.39 Å². The molecule has 1 saturated heterocycles. The van der Waals surface area contributed by atoms with E-state index in [4.69, 9.17) is 0 Å². The second-order valence-corrected chi connectivity index (χ2v) is 6.04. The highest BCUT2D eigenvalue weighted by Gasteiger charge is 2.35. The molecule has 1 heterocycles. The maximum atomic E-state index is 13.6. The molecule has 0 saturated carbocycles. The molecule has 2 rings (SSSR count). The van der Waals surface area contributed by atoms with E-state index >= 15 is 0 Å². The summed E-state index contributed by atoms with van der Waals surface area (Å²) in [5, 5.41) is 0. The number of halogens is 1. The Labute approximate surface area is 130 Å².